The van der Waals surface area contributed by atoms with E-state index < -0.39 is 8.32 Å². The molecule has 1 saturated heterocycles. The molecule has 3 nitrogen and oxygen atoms in total. The predicted molar refractivity (Wildman–Crippen MR) is 75.7 cm³/mol. The molecule has 2 rings (SSSR count). The van der Waals surface area contributed by atoms with Crippen LogP contribution in [0.1, 0.15) is 18.6 Å². The molecule has 1 aliphatic rings. The van der Waals surface area contributed by atoms with Gasteiger partial charge in [-0.1, -0.05) is 30.3 Å². The molecule has 0 saturated carbocycles. The Hall–Kier alpha value is -0.683. The SMILES string of the molecule is CC1C(c2ccccc2)OCCN1O[Si](C)(C)C. The molecule has 1 aliphatic heterocycles. The smallest absolute Gasteiger partial charge is 0.212 e. The summed E-state index contributed by atoms with van der Waals surface area (Å²) in [6, 6.07) is 10.7. The topological polar surface area (TPSA) is 21.7 Å². The molecule has 0 bridgehead atoms. The molecule has 0 aromatic heterocycles. The van der Waals surface area contributed by atoms with E-state index in [1.807, 2.05) is 6.07 Å². The van der Waals surface area contributed by atoms with Crippen LogP contribution in [-0.4, -0.2) is 32.6 Å². The summed E-state index contributed by atoms with van der Waals surface area (Å²) in [6.07, 6.45) is 0.108. The van der Waals surface area contributed by atoms with Gasteiger partial charge in [0.1, 0.15) is 6.10 Å². The molecule has 1 aromatic rings. The third-order valence-corrected chi connectivity index (χ3v) is 3.80. The van der Waals surface area contributed by atoms with E-state index in [1.54, 1.807) is 0 Å². The van der Waals surface area contributed by atoms with Gasteiger partial charge in [-0.05, 0) is 32.1 Å². The highest BCUT2D eigenvalue weighted by Crippen LogP contribution is 2.29. The monoisotopic (exact) mass is 265 g/mol. The first-order valence-electron chi connectivity index (χ1n) is 6.60. The Morgan fingerprint density at radius 3 is 2.50 bits per heavy atom. The highest BCUT2D eigenvalue weighted by Gasteiger charge is 2.33. The average Bonchev–Trinajstić information content (AvgIpc) is 2.31. The minimum absolute atomic E-state index is 0.108. The minimum atomic E-state index is -1.55. The normalized spacial score (nSPS) is 26.2. The first-order valence-corrected chi connectivity index (χ1v) is 10.0. The molecule has 1 heterocycles. The number of hydrogen-bond donors (Lipinski definition) is 0. The maximum atomic E-state index is 6.13. The molecule has 0 N–H and O–H groups in total. The van der Waals surface area contributed by atoms with Crippen LogP contribution in [-0.2, 0) is 9.26 Å². The highest BCUT2D eigenvalue weighted by atomic mass is 28.4. The second-order valence-electron chi connectivity index (χ2n) is 5.79. The Kier molecular flexibility index (Phi) is 4.22. The molecule has 1 aromatic carbocycles. The van der Waals surface area contributed by atoms with Crippen LogP contribution in [0.15, 0.2) is 30.3 Å². The van der Waals surface area contributed by atoms with Crippen molar-refractivity contribution in [2.24, 2.45) is 0 Å². The number of ether oxygens (including phenoxy) is 1. The first kappa shape index (κ1) is 13.7. The van der Waals surface area contributed by atoms with Gasteiger partial charge in [0.15, 0.2) is 0 Å². The highest BCUT2D eigenvalue weighted by molar-refractivity contribution is 6.69. The molecule has 2 unspecified atom stereocenters. The van der Waals surface area contributed by atoms with Crippen LogP contribution in [0.25, 0.3) is 0 Å². The molecule has 1 fully saturated rings. The van der Waals surface area contributed by atoms with Crippen LogP contribution in [0.4, 0.5) is 0 Å². The number of hydrogen-bond acceptors (Lipinski definition) is 3. The number of benzene rings is 1. The van der Waals surface area contributed by atoms with Gasteiger partial charge in [0.05, 0.1) is 12.6 Å². The molecule has 18 heavy (non-hydrogen) atoms. The Bertz CT molecular complexity index is 377. The lowest BCUT2D eigenvalue weighted by Gasteiger charge is -2.41. The lowest BCUT2D eigenvalue weighted by molar-refractivity contribution is -0.190. The van der Waals surface area contributed by atoms with Gasteiger partial charge >= 0.3 is 0 Å². The molecule has 0 radical (unpaired) electrons. The summed E-state index contributed by atoms with van der Waals surface area (Å²) in [5.41, 5.74) is 1.23. The van der Waals surface area contributed by atoms with E-state index in [1.165, 1.54) is 5.56 Å². The quantitative estimate of drug-likeness (QED) is 0.783. The van der Waals surface area contributed by atoms with Gasteiger partial charge in [0.2, 0.25) is 8.32 Å². The molecule has 4 heteroatoms. The maximum absolute atomic E-state index is 6.13. The molecule has 100 valence electrons. The van der Waals surface area contributed by atoms with Gasteiger partial charge in [-0.15, -0.1) is 0 Å². The Balaban J connectivity index is 2.10. The summed E-state index contributed by atoms with van der Waals surface area (Å²) in [5.74, 6) is 0. The van der Waals surface area contributed by atoms with E-state index in [2.05, 4.69) is 55.9 Å². The van der Waals surface area contributed by atoms with E-state index in [4.69, 9.17) is 9.26 Å². The maximum Gasteiger partial charge on any atom is 0.212 e. The molecule has 0 aliphatic carbocycles. The molecule has 0 amide bonds. The van der Waals surface area contributed by atoms with Crippen LogP contribution in [0.5, 0.6) is 0 Å². The van der Waals surface area contributed by atoms with Crippen LogP contribution >= 0.6 is 0 Å². The molecular formula is C14H23NO2Si. The fourth-order valence-corrected chi connectivity index (χ4v) is 3.22. The van der Waals surface area contributed by atoms with Crippen molar-refractivity contribution in [1.82, 2.24) is 5.06 Å². The van der Waals surface area contributed by atoms with Crippen LogP contribution in [0.3, 0.4) is 0 Å². The molecule has 0 spiro atoms. The predicted octanol–water partition coefficient (Wildman–Crippen LogP) is 3.21. The summed E-state index contributed by atoms with van der Waals surface area (Å²) in [6.45, 7) is 10.4. The van der Waals surface area contributed by atoms with Crippen molar-refractivity contribution in [2.75, 3.05) is 13.2 Å². The van der Waals surface area contributed by atoms with E-state index in [-0.39, 0.29) is 12.1 Å². The number of hydroxylamine groups is 2. The van der Waals surface area contributed by atoms with E-state index >= 15 is 0 Å². The summed E-state index contributed by atoms with van der Waals surface area (Å²) >= 11 is 0. The fourth-order valence-electron chi connectivity index (χ4n) is 2.26. The summed E-state index contributed by atoms with van der Waals surface area (Å²) in [4.78, 5) is 0. The summed E-state index contributed by atoms with van der Waals surface area (Å²) in [5, 5.41) is 2.12. The number of rotatable bonds is 3. The standard InChI is InChI=1S/C14H23NO2Si/c1-12-14(13-8-6-5-7-9-13)16-11-10-15(12)17-18(2,3)4/h5-9,12,14H,10-11H2,1-4H3. The zero-order valence-corrected chi connectivity index (χ0v) is 12.7. The van der Waals surface area contributed by atoms with Gasteiger partial charge < -0.3 is 9.26 Å². The minimum Gasteiger partial charge on any atom is -0.370 e. The number of morpholine rings is 1. The average molecular weight is 265 g/mol. The Morgan fingerprint density at radius 1 is 1.22 bits per heavy atom. The van der Waals surface area contributed by atoms with Gasteiger partial charge in [-0.2, -0.15) is 5.06 Å². The third-order valence-electron chi connectivity index (χ3n) is 3.02. The zero-order valence-electron chi connectivity index (χ0n) is 11.7. The van der Waals surface area contributed by atoms with Crippen molar-refractivity contribution >= 4 is 8.32 Å². The summed E-state index contributed by atoms with van der Waals surface area (Å²) in [7, 11) is -1.55. The largest absolute Gasteiger partial charge is 0.370 e. The second kappa shape index (κ2) is 5.53. The van der Waals surface area contributed by atoms with Crippen LogP contribution in [0, 0.1) is 0 Å². The van der Waals surface area contributed by atoms with E-state index in [0.717, 1.165) is 13.2 Å². The Morgan fingerprint density at radius 2 is 1.89 bits per heavy atom. The van der Waals surface area contributed by atoms with Crippen LogP contribution < -0.4 is 0 Å². The zero-order chi connectivity index (χ0) is 13.2. The van der Waals surface area contributed by atoms with Crippen molar-refractivity contribution in [3.8, 4) is 0 Å². The first-order chi connectivity index (χ1) is 8.47. The molecular weight excluding hydrogens is 242 g/mol. The van der Waals surface area contributed by atoms with E-state index in [9.17, 15) is 0 Å². The van der Waals surface area contributed by atoms with Crippen molar-refractivity contribution < 1.29 is 9.26 Å². The van der Waals surface area contributed by atoms with Crippen molar-refractivity contribution in [3.63, 3.8) is 0 Å². The summed E-state index contributed by atoms with van der Waals surface area (Å²) < 4.78 is 12.0. The van der Waals surface area contributed by atoms with Crippen LogP contribution in [0.2, 0.25) is 19.6 Å². The van der Waals surface area contributed by atoms with Crippen molar-refractivity contribution in [1.29, 1.82) is 0 Å². The third kappa shape index (κ3) is 3.42. The van der Waals surface area contributed by atoms with Gasteiger partial charge in [-0.3, -0.25) is 0 Å². The second-order valence-corrected chi connectivity index (χ2v) is 10.2. The Labute approximate surface area is 111 Å². The number of nitrogens with zero attached hydrogens (tertiary/aromatic N) is 1. The molecule has 2 atom stereocenters. The lowest BCUT2D eigenvalue weighted by atomic mass is 10.0. The van der Waals surface area contributed by atoms with Gasteiger partial charge in [-0.25, -0.2) is 0 Å². The van der Waals surface area contributed by atoms with E-state index in [0.29, 0.717) is 0 Å². The van der Waals surface area contributed by atoms with Gasteiger partial charge in [0.25, 0.3) is 0 Å². The van der Waals surface area contributed by atoms with Gasteiger partial charge in [0, 0.05) is 6.54 Å². The van der Waals surface area contributed by atoms with Crippen molar-refractivity contribution in [2.45, 2.75) is 38.7 Å². The fraction of sp³-hybridized carbons (Fsp3) is 0.571. The van der Waals surface area contributed by atoms with Crippen molar-refractivity contribution in [3.05, 3.63) is 35.9 Å². The lowest BCUT2D eigenvalue weighted by Crippen LogP contribution is -2.49.